The minimum absolute atomic E-state index is 0.469. The van der Waals surface area contributed by atoms with Gasteiger partial charge in [0.2, 0.25) is 0 Å². The molecule has 4 nitrogen and oxygen atoms in total. The van der Waals surface area contributed by atoms with Crippen LogP contribution < -0.4 is 0 Å². The van der Waals surface area contributed by atoms with Crippen LogP contribution in [-0.2, 0) is 17.9 Å². The molecule has 1 heterocycles. The molecule has 0 radical (unpaired) electrons. The molecule has 0 saturated heterocycles. The molecule has 0 bridgehead atoms. The Kier molecular flexibility index (Phi) is 5.13. The standard InChI is InChI=1S/C14H17BrN2O2/c1-2-19-10-14-16-7-8-17(14)9-13(18)11-3-5-12(15)6-4-11/h3-8,13,18H,2,9-10H2,1H3/t13-/m1/s1. The summed E-state index contributed by atoms with van der Waals surface area (Å²) in [6.45, 7) is 3.55. The van der Waals surface area contributed by atoms with Crippen molar-refractivity contribution >= 4 is 15.9 Å². The van der Waals surface area contributed by atoms with Crippen LogP contribution in [0.3, 0.4) is 0 Å². The van der Waals surface area contributed by atoms with Crippen molar-refractivity contribution in [3.63, 3.8) is 0 Å². The van der Waals surface area contributed by atoms with E-state index >= 15 is 0 Å². The molecule has 1 atom stereocenters. The Morgan fingerprint density at radius 2 is 2.11 bits per heavy atom. The van der Waals surface area contributed by atoms with E-state index in [1.807, 2.05) is 42.0 Å². The summed E-state index contributed by atoms with van der Waals surface area (Å²) in [7, 11) is 0. The first kappa shape index (κ1) is 14.2. The van der Waals surface area contributed by atoms with Crippen LogP contribution in [-0.4, -0.2) is 21.3 Å². The maximum Gasteiger partial charge on any atom is 0.134 e. The molecule has 19 heavy (non-hydrogen) atoms. The van der Waals surface area contributed by atoms with Crippen molar-refractivity contribution in [2.45, 2.75) is 26.2 Å². The topological polar surface area (TPSA) is 47.3 Å². The van der Waals surface area contributed by atoms with Crippen molar-refractivity contribution < 1.29 is 9.84 Å². The van der Waals surface area contributed by atoms with Crippen LogP contribution in [0.25, 0.3) is 0 Å². The van der Waals surface area contributed by atoms with E-state index in [-0.39, 0.29) is 0 Å². The number of nitrogens with zero attached hydrogens (tertiary/aromatic N) is 2. The van der Waals surface area contributed by atoms with Gasteiger partial charge in [0.1, 0.15) is 12.4 Å². The third-order valence-electron chi connectivity index (χ3n) is 2.86. The summed E-state index contributed by atoms with van der Waals surface area (Å²) >= 11 is 3.38. The van der Waals surface area contributed by atoms with Gasteiger partial charge in [-0.1, -0.05) is 28.1 Å². The van der Waals surface area contributed by atoms with E-state index < -0.39 is 6.10 Å². The van der Waals surface area contributed by atoms with E-state index in [9.17, 15) is 5.11 Å². The average Bonchev–Trinajstić information content (AvgIpc) is 2.84. The number of benzene rings is 1. The van der Waals surface area contributed by atoms with Crippen LogP contribution in [0.4, 0.5) is 0 Å². The largest absolute Gasteiger partial charge is 0.387 e. The Balaban J connectivity index is 2.04. The van der Waals surface area contributed by atoms with Crippen molar-refractivity contribution in [3.05, 3.63) is 52.5 Å². The van der Waals surface area contributed by atoms with E-state index in [4.69, 9.17) is 4.74 Å². The Bertz CT molecular complexity index is 510. The molecule has 0 fully saturated rings. The lowest BCUT2D eigenvalue weighted by Crippen LogP contribution is -2.12. The normalized spacial score (nSPS) is 12.6. The number of imidazole rings is 1. The van der Waals surface area contributed by atoms with E-state index in [1.54, 1.807) is 6.20 Å². The Labute approximate surface area is 121 Å². The Morgan fingerprint density at radius 1 is 1.37 bits per heavy atom. The molecule has 5 heteroatoms. The average molecular weight is 325 g/mol. The molecule has 0 aliphatic carbocycles. The van der Waals surface area contributed by atoms with Crippen molar-refractivity contribution in [1.82, 2.24) is 9.55 Å². The Morgan fingerprint density at radius 3 is 2.79 bits per heavy atom. The van der Waals surface area contributed by atoms with Gasteiger partial charge in [0.05, 0.1) is 12.6 Å². The lowest BCUT2D eigenvalue weighted by atomic mass is 10.1. The molecule has 0 saturated carbocycles. The fourth-order valence-corrected chi connectivity index (χ4v) is 2.08. The van der Waals surface area contributed by atoms with Gasteiger partial charge >= 0.3 is 0 Å². The summed E-state index contributed by atoms with van der Waals surface area (Å²) in [5.74, 6) is 0.831. The number of ether oxygens (including phenoxy) is 1. The predicted octanol–water partition coefficient (Wildman–Crippen LogP) is 2.92. The minimum atomic E-state index is -0.553. The molecular formula is C14H17BrN2O2. The van der Waals surface area contributed by atoms with Crippen LogP contribution in [0.2, 0.25) is 0 Å². The lowest BCUT2D eigenvalue weighted by Gasteiger charge is -2.14. The van der Waals surface area contributed by atoms with Crippen LogP contribution in [0, 0.1) is 0 Å². The van der Waals surface area contributed by atoms with Crippen molar-refractivity contribution in [3.8, 4) is 0 Å². The first-order chi connectivity index (χ1) is 9.20. The smallest absolute Gasteiger partial charge is 0.134 e. The molecule has 1 aromatic carbocycles. The second kappa shape index (κ2) is 6.84. The number of aromatic nitrogens is 2. The third-order valence-corrected chi connectivity index (χ3v) is 3.39. The summed E-state index contributed by atoms with van der Waals surface area (Å²) in [6, 6.07) is 7.67. The summed E-state index contributed by atoms with van der Waals surface area (Å²) in [6.07, 6.45) is 3.03. The van der Waals surface area contributed by atoms with Gasteiger partial charge in [0.15, 0.2) is 0 Å². The van der Waals surface area contributed by atoms with Crippen LogP contribution in [0.15, 0.2) is 41.1 Å². The zero-order valence-electron chi connectivity index (χ0n) is 10.8. The van der Waals surface area contributed by atoms with Gasteiger partial charge in [0.25, 0.3) is 0 Å². The van der Waals surface area contributed by atoms with Crippen molar-refractivity contribution in [2.75, 3.05) is 6.61 Å². The van der Waals surface area contributed by atoms with Gasteiger partial charge in [-0.3, -0.25) is 0 Å². The summed E-state index contributed by atoms with van der Waals surface area (Å²) in [4.78, 5) is 4.23. The highest BCUT2D eigenvalue weighted by molar-refractivity contribution is 9.10. The van der Waals surface area contributed by atoms with Gasteiger partial charge in [-0.15, -0.1) is 0 Å². The molecule has 2 rings (SSSR count). The van der Waals surface area contributed by atoms with E-state index in [1.165, 1.54) is 0 Å². The predicted molar refractivity (Wildman–Crippen MR) is 76.7 cm³/mol. The molecule has 1 N–H and O–H groups in total. The molecule has 0 unspecified atom stereocenters. The lowest BCUT2D eigenvalue weighted by molar-refractivity contribution is 0.117. The highest BCUT2D eigenvalue weighted by atomic mass is 79.9. The molecule has 0 amide bonds. The molecule has 0 spiro atoms. The number of hydrogen-bond donors (Lipinski definition) is 1. The fourth-order valence-electron chi connectivity index (χ4n) is 1.82. The molecular weight excluding hydrogens is 308 g/mol. The fraction of sp³-hybridized carbons (Fsp3) is 0.357. The highest BCUT2D eigenvalue weighted by Gasteiger charge is 2.11. The first-order valence-corrected chi connectivity index (χ1v) is 7.01. The molecule has 1 aromatic heterocycles. The zero-order chi connectivity index (χ0) is 13.7. The summed E-state index contributed by atoms with van der Waals surface area (Å²) in [5, 5.41) is 10.2. The number of rotatable bonds is 6. The quantitative estimate of drug-likeness (QED) is 0.888. The van der Waals surface area contributed by atoms with Gasteiger partial charge in [0, 0.05) is 23.5 Å². The number of hydrogen-bond acceptors (Lipinski definition) is 3. The summed E-state index contributed by atoms with van der Waals surface area (Å²) < 4.78 is 8.27. The van der Waals surface area contributed by atoms with Crippen LogP contribution >= 0.6 is 15.9 Å². The SMILES string of the molecule is CCOCc1nccn1C[C@@H](O)c1ccc(Br)cc1. The summed E-state index contributed by atoms with van der Waals surface area (Å²) in [5.41, 5.74) is 0.888. The van der Waals surface area contributed by atoms with Crippen LogP contribution in [0.5, 0.6) is 0 Å². The maximum absolute atomic E-state index is 10.2. The molecule has 0 aliphatic rings. The Hall–Kier alpha value is -1.17. The van der Waals surface area contributed by atoms with E-state index in [0.29, 0.717) is 19.8 Å². The van der Waals surface area contributed by atoms with Gasteiger partial charge in [-0.05, 0) is 24.6 Å². The van der Waals surface area contributed by atoms with Gasteiger partial charge < -0.3 is 14.4 Å². The zero-order valence-corrected chi connectivity index (χ0v) is 12.4. The van der Waals surface area contributed by atoms with Crippen molar-refractivity contribution in [1.29, 1.82) is 0 Å². The maximum atomic E-state index is 10.2. The first-order valence-electron chi connectivity index (χ1n) is 6.22. The van der Waals surface area contributed by atoms with E-state index in [2.05, 4.69) is 20.9 Å². The van der Waals surface area contributed by atoms with Crippen molar-refractivity contribution in [2.24, 2.45) is 0 Å². The number of aliphatic hydroxyl groups excluding tert-OH is 1. The second-order valence-corrected chi connectivity index (χ2v) is 5.12. The molecule has 102 valence electrons. The monoisotopic (exact) mass is 324 g/mol. The number of halogens is 1. The third kappa shape index (κ3) is 3.89. The highest BCUT2D eigenvalue weighted by Crippen LogP contribution is 2.19. The van der Waals surface area contributed by atoms with Gasteiger partial charge in [-0.25, -0.2) is 4.98 Å². The second-order valence-electron chi connectivity index (χ2n) is 4.20. The number of aliphatic hydroxyl groups is 1. The van der Waals surface area contributed by atoms with E-state index in [0.717, 1.165) is 15.9 Å². The molecule has 0 aliphatic heterocycles. The molecule has 2 aromatic rings. The van der Waals surface area contributed by atoms with Gasteiger partial charge in [-0.2, -0.15) is 0 Å². The van der Waals surface area contributed by atoms with Crippen LogP contribution in [0.1, 0.15) is 24.4 Å². The minimum Gasteiger partial charge on any atom is -0.387 e.